The number of anilines is 5. The highest BCUT2D eigenvalue weighted by Gasteiger charge is 2.45. The SMILES string of the molecule is CNC(=O)c1ccccc1Nc1nc(Nc2ccc(COC3CCN(c4ccc5c(c4)C(=O)N(C4CCC(=O)NC4=O)C5=O)CC3)cc2)ncc1C(F)(F)F. The van der Waals surface area contributed by atoms with Crippen LogP contribution in [0.2, 0.25) is 0 Å². The van der Waals surface area contributed by atoms with E-state index in [1.165, 1.54) is 19.2 Å². The quantitative estimate of drug-likeness (QED) is 0.162. The van der Waals surface area contributed by atoms with Gasteiger partial charge < -0.3 is 25.6 Å². The van der Waals surface area contributed by atoms with Crippen molar-refractivity contribution in [3.8, 4) is 0 Å². The molecular formula is C38H35F3N8O6. The average Bonchev–Trinajstić information content (AvgIpc) is 3.42. The molecule has 0 bridgehead atoms. The third kappa shape index (κ3) is 7.82. The van der Waals surface area contributed by atoms with Gasteiger partial charge in [0.1, 0.15) is 17.4 Å². The number of hydrogen-bond donors (Lipinski definition) is 4. The van der Waals surface area contributed by atoms with Crippen LogP contribution in [0.5, 0.6) is 0 Å². The molecule has 3 aliphatic heterocycles. The Morgan fingerprint density at radius 2 is 1.65 bits per heavy atom. The fourth-order valence-corrected chi connectivity index (χ4v) is 6.76. The second-order valence-electron chi connectivity index (χ2n) is 13.2. The van der Waals surface area contributed by atoms with Gasteiger partial charge in [-0.25, -0.2) is 4.98 Å². The Kier molecular flexibility index (Phi) is 10.2. The second-order valence-corrected chi connectivity index (χ2v) is 13.2. The minimum atomic E-state index is -4.76. The van der Waals surface area contributed by atoms with Crippen LogP contribution in [0, 0.1) is 0 Å². The summed E-state index contributed by atoms with van der Waals surface area (Å²) in [5.74, 6) is -3.27. The van der Waals surface area contributed by atoms with E-state index in [1.54, 1.807) is 42.5 Å². The molecule has 4 N–H and O–H groups in total. The molecule has 4 heterocycles. The van der Waals surface area contributed by atoms with Crippen molar-refractivity contribution in [1.29, 1.82) is 0 Å². The fraction of sp³-hybridized carbons (Fsp3) is 0.289. The summed E-state index contributed by atoms with van der Waals surface area (Å²) in [5, 5.41) is 10.2. The van der Waals surface area contributed by atoms with Crippen LogP contribution in [-0.4, -0.2) is 76.7 Å². The fourth-order valence-electron chi connectivity index (χ4n) is 6.76. The predicted octanol–water partition coefficient (Wildman–Crippen LogP) is 4.93. The van der Waals surface area contributed by atoms with Crippen LogP contribution in [0.4, 0.5) is 42.0 Å². The monoisotopic (exact) mass is 756 g/mol. The number of alkyl halides is 3. The van der Waals surface area contributed by atoms with Crippen LogP contribution in [0.25, 0.3) is 0 Å². The van der Waals surface area contributed by atoms with Crippen molar-refractivity contribution in [3.05, 3.63) is 101 Å². The first-order valence-electron chi connectivity index (χ1n) is 17.5. The molecular weight excluding hydrogens is 721 g/mol. The van der Waals surface area contributed by atoms with Crippen molar-refractivity contribution in [2.75, 3.05) is 35.7 Å². The van der Waals surface area contributed by atoms with E-state index < -0.39 is 53.1 Å². The molecule has 284 valence electrons. The van der Waals surface area contributed by atoms with Crippen LogP contribution >= 0.6 is 0 Å². The molecule has 1 atom stereocenters. The lowest BCUT2D eigenvalue weighted by Crippen LogP contribution is -2.54. The topological polar surface area (TPSA) is 175 Å². The summed E-state index contributed by atoms with van der Waals surface area (Å²) in [4.78, 5) is 73.6. The molecule has 7 rings (SSSR count). The van der Waals surface area contributed by atoms with Crippen molar-refractivity contribution in [2.45, 2.75) is 50.6 Å². The van der Waals surface area contributed by atoms with Gasteiger partial charge in [-0.05, 0) is 67.3 Å². The zero-order valence-corrected chi connectivity index (χ0v) is 29.4. The number of carbonyl (C=O) groups excluding carboxylic acids is 5. The molecule has 0 aliphatic carbocycles. The number of piperidine rings is 2. The maximum atomic E-state index is 13.9. The number of aromatic nitrogens is 2. The van der Waals surface area contributed by atoms with E-state index in [0.29, 0.717) is 44.4 Å². The molecule has 0 radical (unpaired) electrons. The second kappa shape index (κ2) is 15.2. The highest BCUT2D eigenvalue weighted by Crippen LogP contribution is 2.36. The molecule has 0 spiro atoms. The number of fused-ring (bicyclic) bond motifs is 1. The summed E-state index contributed by atoms with van der Waals surface area (Å²) >= 11 is 0. The van der Waals surface area contributed by atoms with Gasteiger partial charge in [0.15, 0.2) is 0 Å². The number of nitrogens with one attached hydrogen (secondary N) is 4. The first-order valence-corrected chi connectivity index (χ1v) is 17.5. The molecule has 5 amide bonds. The highest BCUT2D eigenvalue weighted by atomic mass is 19.4. The van der Waals surface area contributed by atoms with E-state index in [4.69, 9.17) is 4.74 Å². The lowest BCUT2D eigenvalue weighted by Gasteiger charge is -2.33. The molecule has 4 aromatic rings. The summed E-state index contributed by atoms with van der Waals surface area (Å²) in [6, 6.07) is 17.3. The Labute approximate surface area is 312 Å². The third-order valence-electron chi connectivity index (χ3n) is 9.67. The van der Waals surface area contributed by atoms with Crippen LogP contribution in [0.15, 0.2) is 72.9 Å². The largest absolute Gasteiger partial charge is 0.421 e. The van der Waals surface area contributed by atoms with Crippen molar-refractivity contribution in [1.82, 2.24) is 25.5 Å². The third-order valence-corrected chi connectivity index (χ3v) is 9.67. The van der Waals surface area contributed by atoms with Crippen LogP contribution in [-0.2, 0) is 27.1 Å². The van der Waals surface area contributed by atoms with E-state index in [-0.39, 0.29) is 47.3 Å². The van der Waals surface area contributed by atoms with Crippen LogP contribution < -0.4 is 26.2 Å². The van der Waals surface area contributed by atoms with Gasteiger partial charge in [0.2, 0.25) is 17.8 Å². The number of hydrogen-bond acceptors (Lipinski definition) is 11. The zero-order valence-electron chi connectivity index (χ0n) is 29.4. The molecule has 2 fully saturated rings. The summed E-state index contributed by atoms with van der Waals surface area (Å²) < 4.78 is 47.8. The van der Waals surface area contributed by atoms with Gasteiger partial charge in [-0.3, -0.25) is 34.2 Å². The number of rotatable bonds is 10. The zero-order chi connectivity index (χ0) is 38.9. The average molecular weight is 757 g/mol. The van der Waals surface area contributed by atoms with Gasteiger partial charge in [-0.2, -0.15) is 18.2 Å². The van der Waals surface area contributed by atoms with Gasteiger partial charge in [-0.15, -0.1) is 0 Å². The number of ether oxygens (including phenoxy) is 1. The molecule has 1 unspecified atom stereocenters. The van der Waals surface area contributed by atoms with Gasteiger partial charge in [0.25, 0.3) is 17.7 Å². The predicted molar refractivity (Wildman–Crippen MR) is 193 cm³/mol. The Morgan fingerprint density at radius 1 is 0.927 bits per heavy atom. The number of amides is 5. The molecule has 3 aliphatic rings. The first kappa shape index (κ1) is 37.0. The molecule has 2 saturated heterocycles. The van der Waals surface area contributed by atoms with Crippen molar-refractivity contribution in [2.24, 2.45) is 0 Å². The lowest BCUT2D eigenvalue weighted by atomic mass is 10.0. The van der Waals surface area contributed by atoms with Gasteiger partial charge in [0.05, 0.1) is 35.1 Å². The number of halogens is 3. The van der Waals surface area contributed by atoms with E-state index in [2.05, 4.69) is 36.1 Å². The van der Waals surface area contributed by atoms with E-state index in [9.17, 15) is 37.1 Å². The minimum Gasteiger partial charge on any atom is -0.373 e. The number of carbonyl (C=O) groups is 5. The van der Waals surface area contributed by atoms with Gasteiger partial charge in [0, 0.05) is 44.1 Å². The molecule has 14 nitrogen and oxygen atoms in total. The Bertz CT molecular complexity index is 2170. The Hall–Kier alpha value is -6.36. The smallest absolute Gasteiger partial charge is 0.373 e. The lowest BCUT2D eigenvalue weighted by molar-refractivity contribution is -0.138. The summed E-state index contributed by atoms with van der Waals surface area (Å²) in [6.45, 7) is 1.62. The number of benzene rings is 3. The van der Waals surface area contributed by atoms with Crippen LogP contribution in [0.3, 0.4) is 0 Å². The van der Waals surface area contributed by atoms with Crippen molar-refractivity contribution < 1.29 is 41.9 Å². The number of para-hydroxylation sites is 1. The Balaban J connectivity index is 0.933. The minimum absolute atomic E-state index is 0.0327. The highest BCUT2D eigenvalue weighted by molar-refractivity contribution is 6.23. The first-order chi connectivity index (χ1) is 26.4. The summed E-state index contributed by atoms with van der Waals surface area (Å²) in [7, 11) is 1.42. The van der Waals surface area contributed by atoms with E-state index in [1.807, 2.05) is 12.1 Å². The molecule has 1 aromatic heterocycles. The normalized spacial score (nSPS) is 17.6. The maximum absolute atomic E-state index is 13.9. The molecule has 3 aromatic carbocycles. The van der Waals surface area contributed by atoms with Gasteiger partial charge in [-0.1, -0.05) is 24.3 Å². The van der Waals surface area contributed by atoms with Crippen LogP contribution in [0.1, 0.15) is 67.9 Å². The van der Waals surface area contributed by atoms with E-state index >= 15 is 0 Å². The summed E-state index contributed by atoms with van der Waals surface area (Å²) in [6.07, 6.45) is -2.55. The Morgan fingerprint density at radius 3 is 2.36 bits per heavy atom. The van der Waals surface area contributed by atoms with Crippen molar-refractivity contribution >= 4 is 58.4 Å². The number of imide groups is 2. The molecule has 55 heavy (non-hydrogen) atoms. The maximum Gasteiger partial charge on any atom is 0.421 e. The standard InChI is InChI=1S/C38H35F3N8O6/c1-42-33(51)26-4-2-3-5-29(26)45-32-28(38(39,40)41)19-43-37(47-32)44-22-8-6-21(7-9-22)20-55-24-14-16-48(17-15-24)23-10-11-25-27(18-23)36(54)49(35(25)53)30-12-13-31(50)46-34(30)52/h2-11,18-19,24,30H,12-17,20H2,1H3,(H,42,51)(H,46,50,52)(H2,43,44,45,47). The number of nitrogens with zero attached hydrogens (tertiary/aromatic N) is 4. The molecule has 0 saturated carbocycles. The van der Waals surface area contributed by atoms with Gasteiger partial charge >= 0.3 is 6.18 Å². The van der Waals surface area contributed by atoms with E-state index in [0.717, 1.165) is 16.2 Å². The summed E-state index contributed by atoms with van der Waals surface area (Å²) in [5.41, 5.74) is 1.83. The molecule has 17 heteroatoms. The van der Waals surface area contributed by atoms with Crippen molar-refractivity contribution in [3.63, 3.8) is 0 Å².